The molecule has 1 saturated heterocycles. The summed E-state index contributed by atoms with van der Waals surface area (Å²) in [5.74, 6) is 1.46. The van der Waals surface area contributed by atoms with Crippen LogP contribution in [0.4, 0.5) is 5.69 Å². The largest absolute Gasteiger partial charge is 0.424 e. The molecule has 1 aromatic heterocycles. The average Bonchev–Trinajstić information content (AvgIpc) is 3.23. The van der Waals surface area contributed by atoms with Crippen LogP contribution in [0.5, 0.6) is 0 Å². The van der Waals surface area contributed by atoms with E-state index in [1.54, 1.807) is 0 Å². The molecule has 1 N–H and O–H groups in total. The molecule has 1 amide bonds. The summed E-state index contributed by atoms with van der Waals surface area (Å²) in [6.07, 6.45) is 2.32. The number of hydrogen-bond donors (Lipinski definition) is 1. The summed E-state index contributed by atoms with van der Waals surface area (Å²) < 4.78 is 5.61. The first kappa shape index (κ1) is 16.6. The van der Waals surface area contributed by atoms with Gasteiger partial charge in [-0.2, -0.15) is 0 Å². The fourth-order valence-electron chi connectivity index (χ4n) is 3.01. The van der Waals surface area contributed by atoms with Gasteiger partial charge >= 0.3 is 0 Å². The number of benzene rings is 1. The van der Waals surface area contributed by atoms with E-state index in [9.17, 15) is 4.79 Å². The Morgan fingerprint density at radius 3 is 2.79 bits per heavy atom. The van der Waals surface area contributed by atoms with Gasteiger partial charge in [0.15, 0.2) is 0 Å². The molecular formula is C18H24N4O2. The minimum Gasteiger partial charge on any atom is -0.424 e. The van der Waals surface area contributed by atoms with Gasteiger partial charge in [0.05, 0.1) is 6.04 Å². The highest BCUT2D eigenvalue weighted by atomic mass is 16.4. The standard InChI is InChI=1S/C18H24N4O2/c1-4-16-20-21-18(24-16)13(3)19-12(2)14-7-5-8-15(11-14)22-10-6-9-17(22)23/h5,7-8,11-13,19H,4,6,9-10H2,1-3H3/t12-,13+/m1/s1. The second-order valence-corrected chi connectivity index (χ2v) is 6.24. The highest BCUT2D eigenvalue weighted by Gasteiger charge is 2.22. The van der Waals surface area contributed by atoms with E-state index in [1.807, 2.05) is 30.9 Å². The van der Waals surface area contributed by atoms with Crippen molar-refractivity contribution >= 4 is 11.6 Å². The summed E-state index contributed by atoms with van der Waals surface area (Å²) in [5.41, 5.74) is 2.11. The van der Waals surface area contributed by atoms with E-state index < -0.39 is 0 Å². The van der Waals surface area contributed by atoms with Gasteiger partial charge in [-0.05, 0) is 38.0 Å². The molecule has 2 heterocycles. The van der Waals surface area contributed by atoms with Crippen molar-refractivity contribution in [2.45, 2.75) is 52.1 Å². The molecule has 1 aliphatic rings. The van der Waals surface area contributed by atoms with Crippen molar-refractivity contribution in [1.29, 1.82) is 0 Å². The number of nitrogens with one attached hydrogen (secondary N) is 1. The van der Waals surface area contributed by atoms with Gasteiger partial charge < -0.3 is 9.32 Å². The lowest BCUT2D eigenvalue weighted by molar-refractivity contribution is -0.117. The molecule has 0 radical (unpaired) electrons. The van der Waals surface area contributed by atoms with Gasteiger partial charge in [0, 0.05) is 31.1 Å². The van der Waals surface area contributed by atoms with Crippen molar-refractivity contribution in [3.8, 4) is 0 Å². The molecule has 0 spiro atoms. The van der Waals surface area contributed by atoms with Crippen LogP contribution in [0.3, 0.4) is 0 Å². The molecule has 128 valence electrons. The normalized spacial score (nSPS) is 17.3. The van der Waals surface area contributed by atoms with E-state index in [-0.39, 0.29) is 18.0 Å². The second-order valence-electron chi connectivity index (χ2n) is 6.24. The van der Waals surface area contributed by atoms with E-state index in [0.29, 0.717) is 18.2 Å². The molecule has 1 aromatic carbocycles. The Kier molecular flexibility index (Phi) is 4.94. The second kappa shape index (κ2) is 7.13. The zero-order valence-corrected chi connectivity index (χ0v) is 14.5. The number of amides is 1. The Hall–Kier alpha value is -2.21. The number of aryl methyl sites for hydroxylation is 1. The van der Waals surface area contributed by atoms with Crippen LogP contribution < -0.4 is 10.2 Å². The summed E-state index contributed by atoms with van der Waals surface area (Å²) in [6, 6.07) is 8.22. The van der Waals surface area contributed by atoms with Gasteiger partial charge in [0.1, 0.15) is 0 Å². The summed E-state index contributed by atoms with van der Waals surface area (Å²) in [4.78, 5) is 13.8. The van der Waals surface area contributed by atoms with Gasteiger partial charge in [-0.25, -0.2) is 0 Å². The first-order valence-corrected chi connectivity index (χ1v) is 8.57. The lowest BCUT2D eigenvalue weighted by atomic mass is 10.1. The molecule has 1 aliphatic heterocycles. The van der Waals surface area contributed by atoms with Crippen molar-refractivity contribution < 1.29 is 9.21 Å². The zero-order valence-electron chi connectivity index (χ0n) is 14.5. The molecule has 0 saturated carbocycles. The molecule has 2 aromatic rings. The van der Waals surface area contributed by atoms with Gasteiger partial charge in [0.25, 0.3) is 0 Å². The molecule has 3 rings (SSSR count). The van der Waals surface area contributed by atoms with Crippen LogP contribution in [0.15, 0.2) is 28.7 Å². The lowest BCUT2D eigenvalue weighted by Crippen LogP contribution is -2.25. The number of aromatic nitrogens is 2. The molecular weight excluding hydrogens is 304 g/mol. The summed E-state index contributed by atoms with van der Waals surface area (Å²) in [5, 5.41) is 11.6. The predicted octanol–water partition coefficient (Wildman–Crippen LogP) is 3.17. The molecule has 6 nitrogen and oxygen atoms in total. The monoisotopic (exact) mass is 328 g/mol. The third kappa shape index (κ3) is 3.48. The van der Waals surface area contributed by atoms with E-state index in [2.05, 4.69) is 34.6 Å². The van der Waals surface area contributed by atoms with Crippen LogP contribution in [0.2, 0.25) is 0 Å². The van der Waals surface area contributed by atoms with Crippen molar-refractivity contribution in [3.05, 3.63) is 41.6 Å². The van der Waals surface area contributed by atoms with Gasteiger partial charge in [-0.3, -0.25) is 10.1 Å². The minimum absolute atomic E-state index is 0.0372. The lowest BCUT2D eigenvalue weighted by Gasteiger charge is -2.21. The van der Waals surface area contributed by atoms with Crippen LogP contribution in [-0.4, -0.2) is 22.6 Å². The summed E-state index contributed by atoms with van der Waals surface area (Å²) in [7, 11) is 0. The highest BCUT2D eigenvalue weighted by molar-refractivity contribution is 5.95. The van der Waals surface area contributed by atoms with E-state index >= 15 is 0 Å². The van der Waals surface area contributed by atoms with E-state index in [1.165, 1.54) is 0 Å². The van der Waals surface area contributed by atoms with Crippen molar-refractivity contribution in [3.63, 3.8) is 0 Å². The summed E-state index contributed by atoms with van der Waals surface area (Å²) in [6.45, 7) is 6.90. The van der Waals surface area contributed by atoms with Crippen LogP contribution in [0.25, 0.3) is 0 Å². The van der Waals surface area contributed by atoms with Crippen LogP contribution in [0.1, 0.15) is 63.0 Å². The number of rotatable bonds is 6. The number of nitrogens with zero attached hydrogens (tertiary/aromatic N) is 3. The van der Waals surface area contributed by atoms with Crippen molar-refractivity contribution in [1.82, 2.24) is 15.5 Å². The Bertz CT molecular complexity index is 713. The van der Waals surface area contributed by atoms with Crippen LogP contribution in [0, 0.1) is 0 Å². The van der Waals surface area contributed by atoms with Gasteiger partial charge in [0.2, 0.25) is 17.7 Å². The maximum Gasteiger partial charge on any atom is 0.233 e. The van der Waals surface area contributed by atoms with E-state index in [4.69, 9.17) is 4.42 Å². The van der Waals surface area contributed by atoms with Gasteiger partial charge in [-0.15, -0.1) is 10.2 Å². The van der Waals surface area contributed by atoms with Crippen molar-refractivity contribution in [2.24, 2.45) is 0 Å². The molecule has 1 fully saturated rings. The topological polar surface area (TPSA) is 71.3 Å². The van der Waals surface area contributed by atoms with Crippen molar-refractivity contribution in [2.75, 3.05) is 11.4 Å². The fraction of sp³-hybridized carbons (Fsp3) is 0.500. The third-order valence-electron chi connectivity index (χ3n) is 4.41. The Balaban J connectivity index is 1.70. The predicted molar refractivity (Wildman–Crippen MR) is 91.7 cm³/mol. The number of carbonyl (C=O) groups excluding carboxylic acids is 1. The van der Waals surface area contributed by atoms with Crippen LogP contribution >= 0.6 is 0 Å². The van der Waals surface area contributed by atoms with E-state index in [0.717, 1.165) is 30.6 Å². The molecule has 0 unspecified atom stereocenters. The van der Waals surface area contributed by atoms with Gasteiger partial charge in [-0.1, -0.05) is 19.1 Å². The molecule has 0 bridgehead atoms. The molecule has 2 atom stereocenters. The first-order chi connectivity index (χ1) is 11.6. The highest BCUT2D eigenvalue weighted by Crippen LogP contribution is 2.26. The quantitative estimate of drug-likeness (QED) is 0.882. The molecule has 0 aliphatic carbocycles. The number of carbonyl (C=O) groups is 1. The number of hydrogen-bond acceptors (Lipinski definition) is 5. The average molecular weight is 328 g/mol. The zero-order chi connectivity index (χ0) is 17.1. The fourth-order valence-corrected chi connectivity index (χ4v) is 3.01. The Morgan fingerprint density at radius 1 is 1.29 bits per heavy atom. The number of anilines is 1. The van der Waals surface area contributed by atoms with Crippen LogP contribution in [-0.2, 0) is 11.2 Å². The third-order valence-corrected chi connectivity index (χ3v) is 4.41. The Labute approximate surface area is 142 Å². The SMILES string of the molecule is CCc1nnc([C@H](C)N[C@H](C)c2cccc(N3CCCC3=O)c2)o1. The minimum atomic E-state index is -0.0372. The first-order valence-electron chi connectivity index (χ1n) is 8.57. The maximum atomic E-state index is 11.9. The summed E-state index contributed by atoms with van der Waals surface area (Å²) >= 11 is 0. The molecule has 24 heavy (non-hydrogen) atoms. The maximum absolute atomic E-state index is 11.9. The smallest absolute Gasteiger partial charge is 0.233 e. The Morgan fingerprint density at radius 2 is 2.12 bits per heavy atom. The molecule has 6 heteroatoms.